The van der Waals surface area contributed by atoms with Crippen LogP contribution in [0.3, 0.4) is 0 Å². The van der Waals surface area contributed by atoms with Gasteiger partial charge in [-0.25, -0.2) is 0 Å². The number of thiophene rings is 2. The first kappa shape index (κ1) is 64.0. The predicted octanol–water partition coefficient (Wildman–Crippen LogP) is 30.2. The fraction of sp³-hybridized carbons (Fsp3) is 0.0192. The average molecular weight is 1500 g/mol. The summed E-state index contributed by atoms with van der Waals surface area (Å²) >= 11 is 7.46. The smallest absolute Gasteiger partial charge is 0.137 e. The van der Waals surface area contributed by atoms with Crippen molar-refractivity contribution in [3.8, 4) is 33.4 Å². The molecule has 4 nitrogen and oxygen atoms in total. The van der Waals surface area contributed by atoms with Crippen molar-refractivity contribution < 1.29 is 8.83 Å². The van der Waals surface area contributed by atoms with Crippen LogP contribution in [0.1, 0.15) is 44.5 Å². The fourth-order valence-electron chi connectivity index (χ4n) is 19.4. The second kappa shape index (κ2) is 24.8. The van der Waals surface area contributed by atoms with Gasteiger partial charge in [-0.3, -0.25) is 0 Å². The van der Waals surface area contributed by atoms with Crippen molar-refractivity contribution in [2.45, 2.75) is 30.4 Å². The molecule has 524 valence electrons. The second-order valence-electron chi connectivity index (χ2n) is 29.5. The van der Waals surface area contributed by atoms with Gasteiger partial charge in [-0.2, -0.15) is 0 Å². The highest BCUT2D eigenvalue weighted by Crippen LogP contribution is 2.66. The van der Waals surface area contributed by atoms with Crippen molar-refractivity contribution in [3.63, 3.8) is 0 Å². The summed E-state index contributed by atoms with van der Waals surface area (Å²) in [6.45, 7) is 0. The molecule has 2 aliphatic heterocycles. The zero-order valence-corrected chi connectivity index (χ0v) is 63.4. The summed E-state index contributed by atoms with van der Waals surface area (Å²) in [5.41, 5.74) is 27.2. The molecule has 0 bridgehead atoms. The molecule has 0 saturated heterocycles. The monoisotopic (exact) mass is 1500 g/mol. The SMILES string of the molecule is c1ccc(-c2ccccc2N(c2ccc3c(c2)sc2ccccc23)c2cccc3oc4cc5c(cc4c23)-c2ccccc2C52c3ccccc3Sc3ccccc32)cc1.c1ccc(N(c2cccc3c2sc2ccccc23)c2cccc3oc4cc5c(cc4c23)-c2ccccc2C52c3ccccc3Sc3ccccc32)cc1. The highest BCUT2D eigenvalue weighted by atomic mass is 32.2. The first-order chi connectivity index (χ1) is 55.5. The van der Waals surface area contributed by atoms with E-state index in [2.05, 4.69) is 386 Å². The van der Waals surface area contributed by atoms with E-state index in [-0.39, 0.29) is 0 Å². The van der Waals surface area contributed by atoms with Crippen LogP contribution >= 0.6 is 46.2 Å². The zero-order valence-electron chi connectivity index (χ0n) is 60.1. The van der Waals surface area contributed by atoms with Crippen LogP contribution in [0.15, 0.2) is 405 Å². The van der Waals surface area contributed by atoms with Crippen LogP contribution in [0.25, 0.3) is 118 Å². The van der Waals surface area contributed by atoms with Crippen LogP contribution in [0, 0.1) is 0 Å². The molecule has 4 aromatic heterocycles. The molecule has 25 rings (SSSR count). The van der Waals surface area contributed by atoms with Crippen LogP contribution in [0.5, 0.6) is 0 Å². The van der Waals surface area contributed by atoms with Crippen molar-refractivity contribution in [2.75, 3.05) is 9.80 Å². The molecule has 0 atom stereocenters. The van der Waals surface area contributed by atoms with Gasteiger partial charge in [0.2, 0.25) is 0 Å². The van der Waals surface area contributed by atoms with Gasteiger partial charge in [0.25, 0.3) is 0 Å². The van der Waals surface area contributed by atoms with Crippen molar-refractivity contribution in [1.29, 1.82) is 0 Å². The Hall–Kier alpha value is -12.9. The minimum atomic E-state index is -0.472. The summed E-state index contributed by atoms with van der Waals surface area (Å²) in [5, 5.41) is 9.60. The lowest BCUT2D eigenvalue weighted by atomic mass is 9.67. The van der Waals surface area contributed by atoms with Gasteiger partial charge in [0.05, 0.1) is 49.1 Å². The van der Waals surface area contributed by atoms with Crippen molar-refractivity contribution in [2.24, 2.45) is 0 Å². The third-order valence-electron chi connectivity index (χ3n) is 23.9. The average Bonchev–Trinajstić information content (AvgIpc) is 1.52. The maximum Gasteiger partial charge on any atom is 0.137 e. The number of anilines is 6. The molecule has 0 fully saturated rings. The summed E-state index contributed by atoms with van der Waals surface area (Å²) in [6, 6.07) is 138. The highest BCUT2D eigenvalue weighted by Gasteiger charge is 2.52. The van der Waals surface area contributed by atoms with E-state index < -0.39 is 10.8 Å². The first-order valence-corrected chi connectivity index (χ1v) is 41.4. The minimum Gasteiger partial charge on any atom is -0.456 e. The largest absolute Gasteiger partial charge is 0.456 e. The molecule has 0 unspecified atom stereocenters. The molecule has 0 radical (unpaired) electrons. The molecule has 8 heteroatoms. The molecule has 0 saturated carbocycles. The van der Waals surface area contributed by atoms with Gasteiger partial charge < -0.3 is 18.6 Å². The molecule has 4 aliphatic rings. The highest BCUT2D eigenvalue weighted by molar-refractivity contribution is 7.99. The van der Waals surface area contributed by atoms with Gasteiger partial charge >= 0.3 is 0 Å². The topological polar surface area (TPSA) is 32.8 Å². The number of para-hydroxylation sites is 2. The van der Waals surface area contributed by atoms with Gasteiger partial charge in [-0.1, -0.05) is 278 Å². The Bertz CT molecular complexity index is 7420. The van der Waals surface area contributed by atoms with Crippen molar-refractivity contribution in [3.05, 3.63) is 421 Å². The van der Waals surface area contributed by atoms with E-state index in [4.69, 9.17) is 8.83 Å². The summed E-state index contributed by atoms with van der Waals surface area (Å²) in [5.74, 6) is 0. The van der Waals surface area contributed by atoms with Crippen molar-refractivity contribution >= 4 is 165 Å². The molecule has 0 N–H and O–H groups in total. The predicted molar refractivity (Wildman–Crippen MR) is 471 cm³/mol. The van der Waals surface area contributed by atoms with E-state index in [0.717, 1.165) is 78.0 Å². The minimum absolute atomic E-state index is 0.451. The van der Waals surface area contributed by atoms with Gasteiger partial charge in [0, 0.05) is 82.9 Å². The second-order valence-corrected chi connectivity index (χ2v) is 33.8. The Morgan fingerprint density at radius 3 is 1.18 bits per heavy atom. The van der Waals surface area contributed by atoms with Crippen LogP contribution in [0.2, 0.25) is 0 Å². The number of benzene rings is 17. The van der Waals surface area contributed by atoms with E-state index >= 15 is 0 Å². The molecule has 0 amide bonds. The Kier molecular flexibility index (Phi) is 14.2. The summed E-state index contributed by atoms with van der Waals surface area (Å²) in [6.07, 6.45) is 0. The molecule has 6 heterocycles. The molecule has 2 aliphatic carbocycles. The Morgan fingerprint density at radius 2 is 0.625 bits per heavy atom. The molecular formula is C104H62N2O2S4. The first-order valence-electron chi connectivity index (χ1n) is 38.1. The van der Waals surface area contributed by atoms with Gasteiger partial charge in [0.15, 0.2) is 0 Å². The van der Waals surface area contributed by atoms with E-state index in [1.807, 2.05) is 46.2 Å². The van der Waals surface area contributed by atoms with Gasteiger partial charge in [-0.15, -0.1) is 22.7 Å². The van der Waals surface area contributed by atoms with E-state index in [0.29, 0.717) is 0 Å². The van der Waals surface area contributed by atoms with Crippen LogP contribution < -0.4 is 9.80 Å². The van der Waals surface area contributed by atoms with E-state index in [1.54, 1.807) is 0 Å². The van der Waals surface area contributed by atoms with E-state index in [1.165, 1.54) is 138 Å². The summed E-state index contributed by atoms with van der Waals surface area (Å²) < 4.78 is 19.1. The van der Waals surface area contributed by atoms with Crippen LogP contribution in [0.4, 0.5) is 34.1 Å². The quantitative estimate of drug-likeness (QED) is 0.158. The Labute approximate surface area is 662 Å². The van der Waals surface area contributed by atoms with Gasteiger partial charge in [0.1, 0.15) is 22.3 Å². The Morgan fingerprint density at radius 1 is 0.223 bits per heavy atom. The fourth-order valence-corrected chi connectivity index (χ4v) is 24.1. The maximum atomic E-state index is 7.04. The molecule has 17 aromatic carbocycles. The normalized spacial score (nSPS) is 13.6. The maximum absolute atomic E-state index is 7.04. The molecule has 112 heavy (non-hydrogen) atoms. The number of hydrogen-bond acceptors (Lipinski definition) is 8. The van der Waals surface area contributed by atoms with Crippen molar-refractivity contribution in [1.82, 2.24) is 0 Å². The lowest BCUT2D eigenvalue weighted by molar-refractivity contribution is 0.664. The molecule has 2 spiro atoms. The van der Waals surface area contributed by atoms with Gasteiger partial charge in [-0.05, 0) is 194 Å². The third-order valence-corrected chi connectivity index (χ3v) is 28.5. The summed E-state index contributed by atoms with van der Waals surface area (Å²) in [7, 11) is 0. The summed E-state index contributed by atoms with van der Waals surface area (Å²) in [4.78, 5) is 10.1. The number of furan rings is 2. The number of rotatable bonds is 7. The number of nitrogens with zero attached hydrogens (tertiary/aromatic N) is 2. The molecular weight excluding hydrogens is 1440 g/mol. The molecule has 21 aromatic rings. The lowest BCUT2D eigenvalue weighted by Crippen LogP contribution is -2.31. The third kappa shape index (κ3) is 9.14. The van der Waals surface area contributed by atoms with Crippen LogP contribution in [-0.4, -0.2) is 0 Å². The van der Waals surface area contributed by atoms with Crippen LogP contribution in [-0.2, 0) is 10.8 Å². The zero-order chi connectivity index (χ0) is 73.3. The number of hydrogen-bond donors (Lipinski definition) is 0. The number of fused-ring (bicyclic) bond motifs is 30. The standard InChI is InChI=1S/C55H33NOS2.C49H29NOS2/c1-2-15-34(16-3-1)36-17-5-10-23-46(36)56(35-29-30-39-38-19-6-11-26-50(38)58-53(39)31-35)47-24-14-25-48-54(47)41-32-40-37-18-4-7-20-42(37)55(45(40)33-49(41)57-48)43-21-8-12-27-51(43)59-52-28-13-9-22-44(52)55;1-2-14-30(15-3-1)50(41-23-12-18-33-32-17-5-9-25-44(32)53-48(33)41)40-22-13-24-42-47(40)35-28-34-31-16-4-6-19-36(31)49(39(34)29-43(35)51-42)37-20-7-10-26-45(37)52-46-27-11-8-21-38(46)49/h1-33H;1-29H. The lowest BCUT2D eigenvalue weighted by Gasteiger charge is -2.39. The van der Waals surface area contributed by atoms with E-state index in [9.17, 15) is 0 Å². The Balaban J connectivity index is 0.000000131.